The Labute approximate surface area is 60.3 Å². The van der Waals surface area contributed by atoms with E-state index in [-0.39, 0.29) is 6.10 Å². The van der Waals surface area contributed by atoms with Gasteiger partial charge in [-0.25, -0.2) is 0 Å². The van der Waals surface area contributed by atoms with Crippen molar-refractivity contribution in [1.29, 1.82) is 5.26 Å². The first kappa shape index (κ1) is 7.07. The molecule has 54 valence electrons. The van der Waals surface area contributed by atoms with Crippen molar-refractivity contribution in [3.8, 4) is 6.07 Å². The molecule has 1 atom stereocenters. The number of nitriles is 1. The molecule has 0 bridgehead atoms. The van der Waals surface area contributed by atoms with Crippen LogP contribution in [0.15, 0.2) is 5.16 Å². The molecule has 3 nitrogen and oxygen atoms in total. The summed E-state index contributed by atoms with van der Waals surface area (Å²) in [4.78, 5) is 4.86. The molecule has 0 saturated carbocycles. The molecule has 0 N–H and O–H groups in total. The molecule has 3 heteroatoms. The average molecular weight is 138 g/mol. The molecule has 1 unspecified atom stereocenters. The van der Waals surface area contributed by atoms with Gasteiger partial charge in [-0.15, -0.1) is 0 Å². The molecule has 1 rings (SSSR count). The van der Waals surface area contributed by atoms with Crippen LogP contribution in [0.4, 0.5) is 0 Å². The molecule has 0 fully saturated rings. The van der Waals surface area contributed by atoms with Gasteiger partial charge in [0, 0.05) is 6.42 Å². The van der Waals surface area contributed by atoms with Crippen molar-refractivity contribution in [2.45, 2.75) is 32.3 Å². The maximum Gasteiger partial charge on any atom is 0.212 e. The lowest BCUT2D eigenvalue weighted by Gasteiger charge is -2.13. The van der Waals surface area contributed by atoms with Gasteiger partial charge >= 0.3 is 0 Å². The van der Waals surface area contributed by atoms with Gasteiger partial charge in [0.25, 0.3) is 0 Å². The lowest BCUT2D eigenvalue weighted by atomic mass is 10.1. The molecule has 0 radical (unpaired) electrons. The Morgan fingerprint density at radius 2 is 2.70 bits per heavy atom. The van der Waals surface area contributed by atoms with E-state index in [1.165, 1.54) is 0 Å². The number of nitrogens with zero attached hydrogens (tertiary/aromatic N) is 2. The monoisotopic (exact) mass is 138 g/mol. The second-order valence-corrected chi connectivity index (χ2v) is 2.27. The molecule has 0 amide bonds. The van der Waals surface area contributed by atoms with E-state index in [0.717, 1.165) is 25.0 Å². The predicted molar refractivity (Wildman–Crippen MR) is 37.4 cm³/mol. The molecule has 1 aliphatic heterocycles. The molecule has 0 aromatic carbocycles. The van der Waals surface area contributed by atoms with Gasteiger partial charge in [0.15, 0.2) is 0 Å². The smallest absolute Gasteiger partial charge is 0.212 e. The summed E-state index contributed by atoms with van der Waals surface area (Å²) in [5.74, 6) is 0. The van der Waals surface area contributed by atoms with Gasteiger partial charge in [0.1, 0.15) is 6.07 Å². The molecular weight excluding hydrogens is 128 g/mol. The second-order valence-electron chi connectivity index (χ2n) is 2.27. The van der Waals surface area contributed by atoms with Crippen LogP contribution in [0.2, 0.25) is 0 Å². The Hall–Kier alpha value is -1.04. The van der Waals surface area contributed by atoms with Crippen LogP contribution in [0, 0.1) is 11.3 Å². The summed E-state index contributed by atoms with van der Waals surface area (Å²) in [7, 11) is 0. The first-order valence-electron chi connectivity index (χ1n) is 3.48. The summed E-state index contributed by atoms with van der Waals surface area (Å²) >= 11 is 0. The topological polar surface area (TPSA) is 45.4 Å². The summed E-state index contributed by atoms with van der Waals surface area (Å²) in [5, 5.41) is 12.2. The zero-order valence-electron chi connectivity index (χ0n) is 6.00. The predicted octanol–water partition coefficient (Wildman–Crippen LogP) is 1.45. The van der Waals surface area contributed by atoms with E-state index < -0.39 is 0 Å². The van der Waals surface area contributed by atoms with Crippen LogP contribution in [0.5, 0.6) is 0 Å². The summed E-state index contributed by atoms with van der Waals surface area (Å²) in [6.07, 6.45) is 2.33. The van der Waals surface area contributed by atoms with E-state index in [1.54, 1.807) is 0 Å². The number of oxime groups is 1. The van der Waals surface area contributed by atoms with Gasteiger partial charge in [-0.2, -0.15) is 5.26 Å². The highest BCUT2D eigenvalue weighted by atomic mass is 16.6. The van der Waals surface area contributed by atoms with E-state index in [2.05, 4.69) is 5.16 Å². The third-order valence-electron chi connectivity index (χ3n) is 1.56. The van der Waals surface area contributed by atoms with Gasteiger partial charge in [0.05, 0.1) is 5.71 Å². The standard InChI is InChI=1S/C7H10N2O/c1-2-6-3-4-7(5-8)10-9-6/h7H,2-4H2,1H3. The van der Waals surface area contributed by atoms with Crippen molar-refractivity contribution in [3.05, 3.63) is 0 Å². The van der Waals surface area contributed by atoms with Crippen molar-refractivity contribution in [1.82, 2.24) is 0 Å². The maximum absolute atomic E-state index is 8.41. The first-order valence-corrected chi connectivity index (χ1v) is 3.48. The highest BCUT2D eigenvalue weighted by Gasteiger charge is 2.14. The van der Waals surface area contributed by atoms with Crippen LogP contribution in [0.3, 0.4) is 0 Å². The second kappa shape index (κ2) is 3.21. The molecule has 1 aliphatic rings. The fourth-order valence-corrected chi connectivity index (χ4v) is 0.864. The minimum atomic E-state index is -0.310. The van der Waals surface area contributed by atoms with E-state index in [1.807, 2.05) is 13.0 Å². The fourth-order valence-electron chi connectivity index (χ4n) is 0.864. The van der Waals surface area contributed by atoms with Crippen LogP contribution >= 0.6 is 0 Å². The summed E-state index contributed by atoms with van der Waals surface area (Å²) in [6.45, 7) is 2.04. The summed E-state index contributed by atoms with van der Waals surface area (Å²) in [6, 6.07) is 2.02. The van der Waals surface area contributed by atoms with E-state index in [4.69, 9.17) is 10.1 Å². The maximum atomic E-state index is 8.41. The molecule has 1 heterocycles. The van der Waals surface area contributed by atoms with Crippen LogP contribution in [-0.2, 0) is 4.84 Å². The van der Waals surface area contributed by atoms with Crippen molar-refractivity contribution < 1.29 is 4.84 Å². The van der Waals surface area contributed by atoms with E-state index in [9.17, 15) is 0 Å². The Morgan fingerprint density at radius 3 is 3.10 bits per heavy atom. The number of hydrogen-bond acceptors (Lipinski definition) is 3. The fraction of sp³-hybridized carbons (Fsp3) is 0.714. The van der Waals surface area contributed by atoms with Crippen molar-refractivity contribution in [2.24, 2.45) is 5.16 Å². The highest BCUT2D eigenvalue weighted by molar-refractivity contribution is 5.84. The molecule has 0 saturated heterocycles. The highest BCUT2D eigenvalue weighted by Crippen LogP contribution is 2.11. The largest absolute Gasteiger partial charge is 0.377 e. The lowest BCUT2D eigenvalue weighted by Crippen LogP contribution is -2.16. The number of rotatable bonds is 1. The lowest BCUT2D eigenvalue weighted by molar-refractivity contribution is 0.0810. The summed E-state index contributed by atoms with van der Waals surface area (Å²) < 4.78 is 0. The average Bonchev–Trinajstić information content (AvgIpc) is 2.05. The minimum Gasteiger partial charge on any atom is -0.377 e. The SMILES string of the molecule is CCC1=NOC(C#N)CC1. The quantitative estimate of drug-likeness (QED) is 0.550. The van der Waals surface area contributed by atoms with E-state index >= 15 is 0 Å². The van der Waals surface area contributed by atoms with Crippen LogP contribution in [0.1, 0.15) is 26.2 Å². The van der Waals surface area contributed by atoms with E-state index in [0.29, 0.717) is 0 Å². The summed E-state index contributed by atoms with van der Waals surface area (Å²) in [5.41, 5.74) is 1.06. The van der Waals surface area contributed by atoms with Crippen molar-refractivity contribution in [2.75, 3.05) is 0 Å². The van der Waals surface area contributed by atoms with Gasteiger partial charge < -0.3 is 4.84 Å². The molecule has 0 aromatic heterocycles. The van der Waals surface area contributed by atoms with Gasteiger partial charge in [-0.05, 0) is 12.8 Å². The van der Waals surface area contributed by atoms with Crippen LogP contribution in [0.25, 0.3) is 0 Å². The first-order chi connectivity index (χ1) is 4.86. The Bertz CT molecular complexity index is 181. The van der Waals surface area contributed by atoms with Crippen molar-refractivity contribution >= 4 is 5.71 Å². The van der Waals surface area contributed by atoms with Gasteiger partial charge in [-0.1, -0.05) is 12.1 Å². The molecule has 0 aliphatic carbocycles. The van der Waals surface area contributed by atoms with Gasteiger partial charge in [0.2, 0.25) is 6.10 Å². The Kier molecular flexibility index (Phi) is 2.27. The van der Waals surface area contributed by atoms with Gasteiger partial charge in [-0.3, -0.25) is 0 Å². The van der Waals surface area contributed by atoms with Crippen LogP contribution in [-0.4, -0.2) is 11.8 Å². The third kappa shape index (κ3) is 1.47. The molecule has 10 heavy (non-hydrogen) atoms. The van der Waals surface area contributed by atoms with Crippen LogP contribution < -0.4 is 0 Å². The third-order valence-corrected chi connectivity index (χ3v) is 1.56. The molecular formula is C7H10N2O. The molecule has 0 spiro atoms. The zero-order valence-corrected chi connectivity index (χ0v) is 6.00. The Balaban J connectivity index is 2.46. The minimum absolute atomic E-state index is 0.310. The van der Waals surface area contributed by atoms with Crippen molar-refractivity contribution in [3.63, 3.8) is 0 Å². The number of hydrogen-bond donors (Lipinski definition) is 0. The normalized spacial score (nSPS) is 24.4. The zero-order chi connectivity index (χ0) is 7.40. The Morgan fingerprint density at radius 1 is 1.90 bits per heavy atom. The molecule has 0 aromatic rings.